The van der Waals surface area contributed by atoms with Gasteiger partial charge in [0.25, 0.3) is 5.69 Å². The first-order valence-electron chi connectivity index (χ1n) is 15.5. The fraction of sp³-hybridized carbons (Fsp3) is 0.333. The van der Waals surface area contributed by atoms with Gasteiger partial charge in [-0.15, -0.1) is 0 Å². The molecule has 1 amide bonds. The van der Waals surface area contributed by atoms with Gasteiger partial charge in [-0.05, 0) is 75.5 Å². The Bertz CT molecular complexity index is 1620. The van der Waals surface area contributed by atoms with Crippen molar-refractivity contribution in [3.05, 3.63) is 133 Å². The minimum Gasteiger partial charge on any atom is -0.466 e. The summed E-state index contributed by atoms with van der Waals surface area (Å²) in [7, 11) is 1.26. The topological polar surface area (TPSA) is 114 Å². The van der Waals surface area contributed by atoms with Crippen molar-refractivity contribution in [3.8, 4) is 0 Å². The molecule has 1 saturated heterocycles. The van der Waals surface area contributed by atoms with Crippen LogP contribution in [-0.4, -0.2) is 55.0 Å². The number of nitro benzene ring substituents is 1. The van der Waals surface area contributed by atoms with Gasteiger partial charge in [0.1, 0.15) is 5.02 Å². The number of esters is 1. The van der Waals surface area contributed by atoms with Gasteiger partial charge in [-0.3, -0.25) is 14.9 Å². The molecule has 0 aromatic heterocycles. The third-order valence-electron chi connectivity index (χ3n) is 9.21. The number of methoxy groups -OCH3 is 1. The number of hydrogen-bond acceptors (Lipinski definition) is 7. The van der Waals surface area contributed by atoms with Crippen LogP contribution in [0.25, 0.3) is 0 Å². The minimum absolute atomic E-state index is 0.0278. The molecule has 0 aliphatic carbocycles. The van der Waals surface area contributed by atoms with Gasteiger partial charge < -0.3 is 20.3 Å². The number of dihydropyridines is 1. The number of nitro groups is 1. The largest absolute Gasteiger partial charge is 0.466 e. The highest BCUT2D eigenvalue weighted by atomic mass is 35.5. The molecule has 3 aromatic rings. The van der Waals surface area contributed by atoms with E-state index in [1.54, 1.807) is 19.9 Å². The Morgan fingerprint density at radius 3 is 2.13 bits per heavy atom. The fourth-order valence-electron chi connectivity index (χ4n) is 6.87. The highest BCUT2D eigenvalue weighted by molar-refractivity contribution is 6.32. The molecule has 2 aliphatic rings. The average molecular weight is 643 g/mol. The number of nitrogens with one attached hydrogen (secondary N) is 2. The van der Waals surface area contributed by atoms with Crippen LogP contribution in [0.2, 0.25) is 5.02 Å². The number of halogens is 1. The summed E-state index contributed by atoms with van der Waals surface area (Å²) >= 11 is 6.09. The minimum atomic E-state index is -0.879. The Labute approximate surface area is 274 Å². The first-order valence-corrected chi connectivity index (χ1v) is 15.9. The molecule has 2 N–H and O–H groups in total. The van der Waals surface area contributed by atoms with Crippen LogP contribution in [0.3, 0.4) is 0 Å². The number of benzene rings is 3. The van der Waals surface area contributed by atoms with Crippen LogP contribution in [0, 0.1) is 10.1 Å². The summed E-state index contributed by atoms with van der Waals surface area (Å²) in [6, 6.07) is 25.8. The monoisotopic (exact) mass is 642 g/mol. The number of allylic oxidation sites excluding steroid dienone is 2. The number of likely N-dealkylation sites (tertiary alicyclic amines) is 1. The molecule has 0 saturated carbocycles. The summed E-state index contributed by atoms with van der Waals surface area (Å²) in [4.78, 5) is 40.2. The number of hydrogen-bond donors (Lipinski definition) is 2. The second-order valence-corrected chi connectivity index (χ2v) is 12.3. The van der Waals surface area contributed by atoms with Crippen molar-refractivity contribution in [2.75, 3.05) is 33.3 Å². The Morgan fingerprint density at radius 1 is 0.978 bits per heavy atom. The molecule has 2 heterocycles. The second-order valence-electron chi connectivity index (χ2n) is 11.9. The third kappa shape index (κ3) is 6.71. The number of piperidine rings is 1. The maximum absolute atomic E-state index is 13.7. The number of nitrogens with zero attached hydrogens (tertiary/aromatic N) is 2. The SMILES string of the molecule is COC(=O)C1=C(C)NC(C)=C(C(=O)NCCCN2CCC(c3ccccc3)(c3ccccc3)CC2)C1c1ccc(Cl)c([N+](=O)[O-])c1. The molecule has 1 unspecified atom stereocenters. The summed E-state index contributed by atoms with van der Waals surface area (Å²) < 4.78 is 5.06. The van der Waals surface area contributed by atoms with Crippen LogP contribution in [0.5, 0.6) is 0 Å². The van der Waals surface area contributed by atoms with Crippen molar-refractivity contribution >= 4 is 29.2 Å². The molecule has 2 aliphatic heterocycles. The highest BCUT2D eigenvalue weighted by Gasteiger charge is 2.39. The molecule has 0 radical (unpaired) electrons. The zero-order valence-corrected chi connectivity index (χ0v) is 27.1. The fourth-order valence-corrected chi connectivity index (χ4v) is 7.06. The van der Waals surface area contributed by atoms with Gasteiger partial charge in [0.05, 0.1) is 23.5 Å². The van der Waals surface area contributed by atoms with Crippen molar-refractivity contribution in [2.24, 2.45) is 0 Å². The maximum Gasteiger partial charge on any atom is 0.336 e. The lowest BCUT2D eigenvalue weighted by Gasteiger charge is -2.43. The van der Waals surface area contributed by atoms with Crippen LogP contribution in [0.15, 0.2) is 101 Å². The van der Waals surface area contributed by atoms with Gasteiger partial charge in [-0.1, -0.05) is 78.3 Å². The molecule has 5 rings (SSSR count). The lowest BCUT2D eigenvalue weighted by molar-refractivity contribution is -0.384. The van der Waals surface area contributed by atoms with E-state index < -0.39 is 16.8 Å². The van der Waals surface area contributed by atoms with Gasteiger partial charge >= 0.3 is 5.97 Å². The summed E-state index contributed by atoms with van der Waals surface area (Å²) in [5.41, 5.74) is 4.33. The van der Waals surface area contributed by atoms with Crippen molar-refractivity contribution in [1.82, 2.24) is 15.5 Å². The molecule has 0 bridgehead atoms. The number of carbonyl (C=O) groups is 2. The van der Waals surface area contributed by atoms with Gasteiger partial charge in [0.2, 0.25) is 5.91 Å². The molecule has 1 fully saturated rings. The quantitative estimate of drug-likeness (QED) is 0.116. The molecule has 10 heteroatoms. The van der Waals surface area contributed by atoms with Crippen molar-refractivity contribution in [3.63, 3.8) is 0 Å². The highest BCUT2D eigenvalue weighted by Crippen LogP contribution is 2.42. The number of carbonyl (C=O) groups excluding carboxylic acids is 2. The van der Waals surface area contributed by atoms with Crippen LogP contribution >= 0.6 is 11.6 Å². The van der Waals surface area contributed by atoms with E-state index in [4.69, 9.17) is 16.3 Å². The van der Waals surface area contributed by atoms with E-state index in [1.165, 1.54) is 30.4 Å². The van der Waals surface area contributed by atoms with Crippen LogP contribution in [0.4, 0.5) is 5.69 Å². The van der Waals surface area contributed by atoms with Crippen molar-refractivity contribution in [2.45, 2.75) is 44.4 Å². The van der Waals surface area contributed by atoms with Crippen molar-refractivity contribution < 1.29 is 19.2 Å². The zero-order chi connectivity index (χ0) is 32.8. The summed E-state index contributed by atoms with van der Waals surface area (Å²) in [6.07, 6.45) is 2.75. The Hall–Kier alpha value is -4.47. The lowest BCUT2D eigenvalue weighted by atomic mass is 9.68. The molecule has 46 heavy (non-hydrogen) atoms. The number of amides is 1. The smallest absolute Gasteiger partial charge is 0.336 e. The molecule has 1 atom stereocenters. The Balaban J connectivity index is 1.26. The molecular formula is C36H39ClN4O5. The van der Waals surface area contributed by atoms with Gasteiger partial charge in [0, 0.05) is 35.0 Å². The van der Waals surface area contributed by atoms with Crippen LogP contribution in [-0.2, 0) is 19.7 Å². The normalized spacial score (nSPS) is 18.1. The molecule has 9 nitrogen and oxygen atoms in total. The number of rotatable bonds is 10. The summed E-state index contributed by atoms with van der Waals surface area (Å²) in [6.45, 7) is 6.60. The zero-order valence-electron chi connectivity index (χ0n) is 26.3. The molecular weight excluding hydrogens is 604 g/mol. The first-order chi connectivity index (χ1) is 22.2. The van der Waals surface area contributed by atoms with Gasteiger partial charge in [-0.25, -0.2) is 4.79 Å². The Kier molecular flexibility index (Phi) is 10.2. The predicted octanol–water partition coefficient (Wildman–Crippen LogP) is 6.24. The average Bonchev–Trinajstić information content (AvgIpc) is 3.07. The molecule has 0 spiro atoms. The van der Waals surface area contributed by atoms with E-state index in [9.17, 15) is 19.7 Å². The number of ether oxygens (including phenoxy) is 1. The summed E-state index contributed by atoms with van der Waals surface area (Å²) in [5.74, 6) is -1.86. The van der Waals surface area contributed by atoms with E-state index in [-0.39, 0.29) is 27.6 Å². The van der Waals surface area contributed by atoms with Gasteiger partial charge in [0.15, 0.2) is 0 Å². The second kappa shape index (κ2) is 14.3. The Morgan fingerprint density at radius 2 is 1.57 bits per heavy atom. The predicted molar refractivity (Wildman–Crippen MR) is 178 cm³/mol. The first kappa shape index (κ1) is 32.9. The van der Waals surface area contributed by atoms with E-state index >= 15 is 0 Å². The molecule has 3 aromatic carbocycles. The van der Waals surface area contributed by atoms with Crippen LogP contribution in [0.1, 0.15) is 55.7 Å². The summed E-state index contributed by atoms with van der Waals surface area (Å²) in [5, 5.41) is 17.8. The van der Waals surface area contributed by atoms with E-state index in [0.717, 1.165) is 38.9 Å². The van der Waals surface area contributed by atoms with Crippen LogP contribution < -0.4 is 10.6 Å². The maximum atomic E-state index is 13.7. The van der Waals surface area contributed by atoms with E-state index in [1.807, 2.05) is 0 Å². The standard InChI is InChI=1S/C36H39ClN4O5/c1-24-31(33(32(25(2)39-24)35(43)46-3)26-15-16-29(37)30(23-26)41(44)45)34(42)38-19-10-20-40-21-17-36(18-22-40,27-11-6-4-7-12-27)28-13-8-5-9-14-28/h4-9,11-16,23,33,39H,10,17-22H2,1-3H3,(H,38,42). The molecule has 240 valence electrons. The van der Waals surface area contributed by atoms with Gasteiger partial charge in [-0.2, -0.15) is 0 Å². The lowest BCUT2D eigenvalue weighted by Crippen LogP contribution is -2.44. The van der Waals surface area contributed by atoms with E-state index in [0.29, 0.717) is 29.1 Å². The third-order valence-corrected chi connectivity index (χ3v) is 9.53. The van der Waals surface area contributed by atoms with E-state index in [2.05, 4.69) is 76.2 Å². The van der Waals surface area contributed by atoms with Crippen molar-refractivity contribution in [1.29, 1.82) is 0 Å².